The van der Waals surface area contributed by atoms with Gasteiger partial charge in [0, 0.05) is 0 Å². The molecule has 4 rings (SSSR count). The van der Waals surface area contributed by atoms with E-state index < -0.39 is 18.1 Å². The Bertz CT molecular complexity index is 1370. The zero-order chi connectivity index (χ0) is 32.3. The van der Waals surface area contributed by atoms with Crippen molar-refractivity contribution in [2.24, 2.45) is 0 Å². The molecule has 0 amide bonds. The molecule has 0 N–H and O–H groups in total. The molecule has 4 aromatic rings. The van der Waals surface area contributed by atoms with Crippen molar-refractivity contribution in [3.8, 4) is 23.0 Å². The van der Waals surface area contributed by atoms with E-state index in [4.69, 9.17) is 34.0 Å². The monoisotopic (exact) mass is 682 g/mol. The Labute approximate surface area is 352 Å². The van der Waals surface area contributed by atoms with Gasteiger partial charge in [0.25, 0.3) is 0 Å². The van der Waals surface area contributed by atoms with E-state index in [9.17, 15) is 9.59 Å². The minimum Gasteiger partial charge on any atom is -0.652 e. The molecule has 0 unspecified atom stereocenters. The average Bonchev–Trinajstić information content (AvgIpc) is 3.06. The van der Waals surface area contributed by atoms with Crippen LogP contribution in [0.4, 0.5) is 4.79 Å². The number of carbonyl (C=O) groups is 3. The van der Waals surface area contributed by atoms with E-state index in [-0.39, 0.29) is 103 Å². The van der Waals surface area contributed by atoms with Crippen molar-refractivity contribution in [1.82, 2.24) is 0 Å². The Kier molecular flexibility index (Phi) is 23.4. The molecular weight excluding hydrogens is 651 g/mol. The van der Waals surface area contributed by atoms with Crippen molar-refractivity contribution in [3.63, 3.8) is 0 Å². The molecule has 0 aliphatic carbocycles. The maximum Gasteiger partial charge on any atom is 1.00 e. The van der Waals surface area contributed by atoms with Gasteiger partial charge < -0.3 is 43.4 Å². The van der Waals surface area contributed by atoms with E-state index in [2.05, 4.69) is 9.47 Å². The van der Waals surface area contributed by atoms with Crippen LogP contribution in [0.3, 0.4) is 0 Å². The van der Waals surface area contributed by atoms with Crippen LogP contribution in [0.5, 0.6) is 23.0 Å². The second-order valence-electron chi connectivity index (χ2n) is 8.51. The summed E-state index contributed by atoms with van der Waals surface area (Å²) < 4.78 is 31.2. The molecule has 0 radical (unpaired) electrons. The first-order valence-electron chi connectivity index (χ1n) is 13.0. The summed E-state index contributed by atoms with van der Waals surface area (Å²) in [4.78, 5) is 31.2. The van der Waals surface area contributed by atoms with Crippen LogP contribution in [0.25, 0.3) is 0 Å². The fraction of sp³-hybridized carbons (Fsp3) is 0.182. The summed E-state index contributed by atoms with van der Waals surface area (Å²) >= 11 is 0. The van der Waals surface area contributed by atoms with E-state index in [1.807, 2.05) is 60.7 Å². The molecule has 0 aromatic heterocycles. The zero-order valence-electron chi connectivity index (χ0n) is 26.6. The van der Waals surface area contributed by atoms with Gasteiger partial charge in [-0.25, -0.2) is 9.59 Å². The zero-order valence-corrected chi connectivity index (χ0v) is 32.9. The first-order valence-corrected chi connectivity index (χ1v) is 13.0. The Hall–Kier alpha value is -2.44. The fourth-order valence-electron chi connectivity index (χ4n) is 3.53. The normalized spacial score (nSPS) is 9.13. The molecule has 4 aromatic carbocycles. The predicted octanol–water partition coefficient (Wildman–Crippen LogP) is -2.32. The van der Waals surface area contributed by atoms with Crippen LogP contribution >= 0.6 is 0 Å². The van der Waals surface area contributed by atoms with Gasteiger partial charge in [0.05, 0.1) is 39.6 Å². The van der Waals surface area contributed by atoms with Gasteiger partial charge in [0.15, 0.2) is 23.0 Å². The number of methoxy groups -OCH3 is 4. The minimum atomic E-state index is -2.33. The molecule has 0 atom stereocenters. The largest absolute Gasteiger partial charge is 1.00 e. The summed E-state index contributed by atoms with van der Waals surface area (Å²) in [6.07, 6.45) is -2.33. The molecule has 232 valence electrons. The SMILES string of the molecule is COC(=O)c1ccc(OCc2ccccc2)c(OC)c1.COC(=O)c1ccc(OCc2ccccc2)c(OC)c1.O=C([O-])[O-].[K+].[K+]. The summed E-state index contributed by atoms with van der Waals surface area (Å²) in [5.41, 5.74) is 2.98. The maximum atomic E-state index is 11.5. The summed E-state index contributed by atoms with van der Waals surface area (Å²) in [5.74, 6) is 1.37. The minimum absolute atomic E-state index is 0. The summed E-state index contributed by atoms with van der Waals surface area (Å²) in [7, 11) is 5.75. The van der Waals surface area contributed by atoms with E-state index >= 15 is 0 Å². The number of esters is 2. The molecule has 0 spiro atoms. The van der Waals surface area contributed by atoms with Gasteiger partial charge in [-0.1, -0.05) is 60.7 Å². The number of hydrogen-bond acceptors (Lipinski definition) is 11. The molecule has 11 nitrogen and oxygen atoms in total. The Morgan fingerprint density at radius 1 is 0.522 bits per heavy atom. The molecule has 0 saturated carbocycles. The van der Waals surface area contributed by atoms with E-state index in [1.165, 1.54) is 28.4 Å². The molecule has 0 fully saturated rings. The predicted molar refractivity (Wildman–Crippen MR) is 156 cm³/mol. The quantitative estimate of drug-likeness (QED) is 0.131. The van der Waals surface area contributed by atoms with Crippen molar-refractivity contribution in [2.45, 2.75) is 13.2 Å². The number of hydrogen-bond donors (Lipinski definition) is 0. The third kappa shape index (κ3) is 15.9. The second-order valence-corrected chi connectivity index (χ2v) is 8.51. The van der Waals surface area contributed by atoms with Gasteiger partial charge in [-0.3, -0.25) is 0 Å². The van der Waals surface area contributed by atoms with Crippen molar-refractivity contribution in [3.05, 3.63) is 119 Å². The number of ether oxygens (including phenoxy) is 6. The van der Waals surface area contributed by atoms with Crippen molar-refractivity contribution >= 4 is 18.1 Å². The van der Waals surface area contributed by atoms with Gasteiger partial charge in [-0.05, 0) is 53.7 Å². The summed E-state index contributed by atoms with van der Waals surface area (Å²) in [5, 5.41) is 16.7. The van der Waals surface area contributed by atoms with Gasteiger partial charge >= 0.3 is 115 Å². The van der Waals surface area contributed by atoms with Gasteiger partial charge in [0.1, 0.15) is 13.2 Å². The van der Waals surface area contributed by atoms with Crippen molar-refractivity contribution in [1.29, 1.82) is 0 Å². The molecule has 13 heteroatoms. The van der Waals surface area contributed by atoms with E-state index in [1.54, 1.807) is 36.4 Å². The molecular formula is C33H32K2O11. The molecule has 0 bridgehead atoms. The number of carboxylic acid groups (broad SMARTS) is 2. The fourth-order valence-corrected chi connectivity index (χ4v) is 3.53. The summed E-state index contributed by atoms with van der Waals surface area (Å²) in [6.45, 7) is 0.879. The Morgan fingerprint density at radius 2 is 0.848 bits per heavy atom. The number of benzene rings is 4. The number of rotatable bonds is 10. The topological polar surface area (TPSA) is 153 Å². The first kappa shape index (κ1) is 43.6. The smallest absolute Gasteiger partial charge is 0.652 e. The Morgan fingerprint density at radius 3 is 1.13 bits per heavy atom. The molecule has 46 heavy (non-hydrogen) atoms. The maximum absolute atomic E-state index is 11.5. The van der Waals surface area contributed by atoms with E-state index in [0.29, 0.717) is 47.3 Å². The van der Waals surface area contributed by atoms with Crippen LogP contribution in [-0.2, 0) is 22.7 Å². The van der Waals surface area contributed by atoms with Crippen molar-refractivity contribution in [2.75, 3.05) is 28.4 Å². The number of carbonyl (C=O) groups excluding carboxylic acids is 3. The third-order valence-electron chi connectivity index (χ3n) is 5.64. The van der Waals surface area contributed by atoms with E-state index in [0.717, 1.165) is 11.1 Å². The second kappa shape index (κ2) is 24.7. The molecule has 0 aliphatic rings. The van der Waals surface area contributed by atoms with Crippen LogP contribution in [0.1, 0.15) is 31.8 Å². The van der Waals surface area contributed by atoms with Crippen LogP contribution in [0.15, 0.2) is 97.1 Å². The van der Waals surface area contributed by atoms with Crippen LogP contribution < -0.4 is 132 Å². The molecule has 0 heterocycles. The first-order chi connectivity index (χ1) is 21.2. The van der Waals surface area contributed by atoms with Gasteiger partial charge in [-0.15, -0.1) is 0 Å². The molecule has 0 aliphatic heterocycles. The third-order valence-corrected chi connectivity index (χ3v) is 5.64. The molecule has 0 saturated heterocycles. The standard InChI is InChI=1S/2C16H16O4.CH2O3.2K/c2*1-18-15-10-13(16(17)19-2)8-9-14(15)20-11-12-6-4-3-5-7-12;2-1(3)4;;/h2*3-10H,11H2,1-2H3;(H2,2,3,4);;/q;;;2*+1/p-2. The summed E-state index contributed by atoms with van der Waals surface area (Å²) in [6, 6.07) is 29.6. The average molecular weight is 683 g/mol. The van der Waals surface area contributed by atoms with Crippen molar-refractivity contribution < 1.29 is 156 Å². The van der Waals surface area contributed by atoms with Crippen LogP contribution in [-0.4, -0.2) is 46.5 Å². The Balaban J connectivity index is 0.000000759. The van der Waals surface area contributed by atoms with Crippen LogP contribution in [0, 0.1) is 0 Å². The van der Waals surface area contributed by atoms with Crippen LogP contribution in [0.2, 0.25) is 0 Å². The van der Waals surface area contributed by atoms with Gasteiger partial charge in [-0.2, -0.15) is 0 Å². The van der Waals surface area contributed by atoms with Gasteiger partial charge in [0.2, 0.25) is 0 Å².